The highest BCUT2D eigenvalue weighted by molar-refractivity contribution is 5.56. The monoisotopic (exact) mass is 274 g/mol. The van der Waals surface area contributed by atoms with E-state index in [1.54, 1.807) is 12.1 Å². The van der Waals surface area contributed by atoms with Crippen LogP contribution < -0.4 is 10.6 Å². The Hall–Kier alpha value is -2.17. The molecule has 0 aliphatic heterocycles. The molecule has 2 N–H and O–H groups in total. The number of rotatable bonds is 4. The second-order valence-electron chi connectivity index (χ2n) is 4.77. The average molecular weight is 274 g/mol. The molecule has 106 valence electrons. The molecule has 2 rings (SSSR count). The smallest absolute Gasteiger partial charge is 0.137 e. The number of nitrogens with two attached hydrogens (primary N) is 1. The highest BCUT2D eigenvalue weighted by Gasteiger charge is 2.13. The fraction of sp³-hybridized carbons (Fsp3) is 0.333. The minimum Gasteiger partial charge on any atom is -0.383 e. The van der Waals surface area contributed by atoms with Crippen LogP contribution in [0, 0.1) is 12.7 Å². The molecular formula is C15H19FN4. The van der Waals surface area contributed by atoms with Gasteiger partial charge in [0.15, 0.2) is 0 Å². The first-order valence-electron chi connectivity index (χ1n) is 6.60. The van der Waals surface area contributed by atoms with E-state index in [2.05, 4.69) is 9.97 Å². The number of halogens is 1. The summed E-state index contributed by atoms with van der Waals surface area (Å²) in [5.74, 6) is 1.71. The Labute approximate surface area is 118 Å². The normalized spacial score (nSPS) is 10.6. The van der Waals surface area contributed by atoms with E-state index in [4.69, 9.17) is 5.73 Å². The van der Waals surface area contributed by atoms with E-state index in [-0.39, 0.29) is 5.82 Å². The van der Waals surface area contributed by atoms with Crippen LogP contribution in [0.5, 0.6) is 0 Å². The number of nitrogens with zero attached hydrogens (tertiary/aromatic N) is 3. The van der Waals surface area contributed by atoms with Crippen LogP contribution in [0.4, 0.5) is 16.0 Å². The zero-order valence-corrected chi connectivity index (χ0v) is 12.0. The molecule has 0 radical (unpaired) electrons. The summed E-state index contributed by atoms with van der Waals surface area (Å²) in [7, 11) is 1.88. The molecule has 0 unspecified atom stereocenters. The predicted octanol–water partition coefficient (Wildman–Crippen LogP) is 2.71. The first kappa shape index (κ1) is 14.2. The van der Waals surface area contributed by atoms with E-state index in [1.807, 2.05) is 31.9 Å². The van der Waals surface area contributed by atoms with Crippen molar-refractivity contribution < 1.29 is 4.39 Å². The van der Waals surface area contributed by atoms with E-state index < -0.39 is 0 Å². The van der Waals surface area contributed by atoms with Gasteiger partial charge in [-0.15, -0.1) is 0 Å². The maximum atomic E-state index is 13.7. The first-order valence-corrected chi connectivity index (χ1v) is 6.60. The van der Waals surface area contributed by atoms with Crippen LogP contribution in [0.15, 0.2) is 24.3 Å². The van der Waals surface area contributed by atoms with E-state index in [0.717, 1.165) is 11.4 Å². The minimum absolute atomic E-state index is 0.213. The Kier molecular flexibility index (Phi) is 4.17. The molecular weight excluding hydrogens is 255 g/mol. The zero-order chi connectivity index (χ0) is 14.7. The van der Waals surface area contributed by atoms with Gasteiger partial charge in [-0.2, -0.15) is 0 Å². The van der Waals surface area contributed by atoms with Crippen molar-refractivity contribution in [2.24, 2.45) is 0 Å². The molecule has 0 fully saturated rings. The third-order valence-electron chi connectivity index (χ3n) is 3.25. The van der Waals surface area contributed by atoms with Crippen molar-refractivity contribution in [3.8, 4) is 0 Å². The topological polar surface area (TPSA) is 55.0 Å². The fourth-order valence-electron chi connectivity index (χ4n) is 2.06. The van der Waals surface area contributed by atoms with Crippen LogP contribution in [0.2, 0.25) is 0 Å². The molecule has 0 amide bonds. The Morgan fingerprint density at radius 1 is 1.25 bits per heavy atom. The molecule has 0 bridgehead atoms. The van der Waals surface area contributed by atoms with Crippen LogP contribution in [0.25, 0.3) is 0 Å². The number of hydrogen-bond acceptors (Lipinski definition) is 4. The van der Waals surface area contributed by atoms with Crippen molar-refractivity contribution in [2.45, 2.75) is 26.8 Å². The van der Waals surface area contributed by atoms with Crippen molar-refractivity contribution in [2.75, 3.05) is 17.7 Å². The van der Waals surface area contributed by atoms with Gasteiger partial charge in [-0.1, -0.05) is 25.1 Å². The summed E-state index contributed by atoms with van der Waals surface area (Å²) >= 11 is 0. The average Bonchev–Trinajstić information content (AvgIpc) is 2.44. The van der Waals surface area contributed by atoms with E-state index >= 15 is 0 Å². The highest BCUT2D eigenvalue weighted by Crippen LogP contribution is 2.22. The van der Waals surface area contributed by atoms with Gasteiger partial charge in [0.25, 0.3) is 0 Å². The summed E-state index contributed by atoms with van der Waals surface area (Å²) in [6.07, 6.45) is 0.713. The Morgan fingerprint density at radius 2 is 1.95 bits per heavy atom. The Morgan fingerprint density at radius 3 is 2.60 bits per heavy atom. The van der Waals surface area contributed by atoms with Crippen LogP contribution >= 0.6 is 0 Å². The molecule has 20 heavy (non-hydrogen) atoms. The van der Waals surface area contributed by atoms with Crippen molar-refractivity contribution in [3.63, 3.8) is 0 Å². The molecule has 1 heterocycles. The maximum Gasteiger partial charge on any atom is 0.137 e. The summed E-state index contributed by atoms with van der Waals surface area (Å²) in [6.45, 7) is 4.29. The molecule has 0 aliphatic rings. The molecule has 1 aromatic carbocycles. The van der Waals surface area contributed by atoms with Crippen LogP contribution in [-0.2, 0) is 13.0 Å². The van der Waals surface area contributed by atoms with Gasteiger partial charge in [0.05, 0.1) is 0 Å². The summed E-state index contributed by atoms with van der Waals surface area (Å²) in [5.41, 5.74) is 7.36. The fourth-order valence-corrected chi connectivity index (χ4v) is 2.06. The number of anilines is 2. The highest BCUT2D eigenvalue weighted by atomic mass is 19.1. The third kappa shape index (κ3) is 2.87. The van der Waals surface area contributed by atoms with Gasteiger partial charge in [-0.3, -0.25) is 0 Å². The molecule has 5 heteroatoms. The van der Waals surface area contributed by atoms with Gasteiger partial charge in [0.1, 0.15) is 23.3 Å². The molecule has 2 aromatic rings. The van der Waals surface area contributed by atoms with Gasteiger partial charge < -0.3 is 10.6 Å². The molecule has 0 aliphatic carbocycles. The van der Waals surface area contributed by atoms with Crippen molar-refractivity contribution >= 4 is 11.6 Å². The zero-order valence-electron chi connectivity index (χ0n) is 12.0. The van der Waals surface area contributed by atoms with Gasteiger partial charge >= 0.3 is 0 Å². The second kappa shape index (κ2) is 5.86. The van der Waals surface area contributed by atoms with E-state index in [0.29, 0.717) is 30.2 Å². The van der Waals surface area contributed by atoms with Gasteiger partial charge in [-0.25, -0.2) is 14.4 Å². The summed E-state index contributed by atoms with van der Waals surface area (Å²) in [4.78, 5) is 10.6. The largest absolute Gasteiger partial charge is 0.383 e. The van der Waals surface area contributed by atoms with Crippen LogP contribution in [0.1, 0.15) is 23.9 Å². The lowest BCUT2D eigenvalue weighted by molar-refractivity contribution is 0.607. The number of aryl methyl sites for hydroxylation is 1. The summed E-state index contributed by atoms with van der Waals surface area (Å²) in [5, 5.41) is 0. The minimum atomic E-state index is -0.213. The Balaban J connectivity index is 2.32. The molecule has 0 spiro atoms. The number of nitrogen functional groups attached to an aromatic ring is 1. The number of aromatic nitrogens is 2. The maximum absolute atomic E-state index is 13.7. The van der Waals surface area contributed by atoms with Gasteiger partial charge in [-0.05, 0) is 13.0 Å². The van der Waals surface area contributed by atoms with Gasteiger partial charge in [0, 0.05) is 31.1 Å². The molecule has 4 nitrogen and oxygen atoms in total. The van der Waals surface area contributed by atoms with Crippen molar-refractivity contribution in [1.82, 2.24) is 9.97 Å². The summed E-state index contributed by atoms with van der Waals surface area (Å²) in [6, 6.07) is 6.74. The van der Waals surface area contributed by atoms with E-state index in [9.17, 15) is 4.39 Å². The Bertz CT molecular complexity index is 613. The quantitative estimate of drug-likeness (QED) is 0.931. The van der Waals surface area contributed by atoms with Crippen molar-refractivity contribution in [3.05, 3.63) is 47.0 Å². The van der Waals surface area contributed by atoms with Crippen molar-refractivity contribution in [1.29, 1.82) is 0 Å². The first-order chi connectivity index (χ1) is 9.52. The van der Waals surface area contributed by atoms with Crippen LogP contribution in [-0.4, -0.2) is 17.0 Å². The molecule has 0 saturated heterocycles. The number of hydrogen-bond donors (Lipinski definition) is 1. The SMILES string of the molecule is CCc1nc(N)c(C)c(N(C)Cc2ccccc2F)n1. The van der Waals surface area contributed by atoms with Gasteiger partial charge in [0.2, 0.25) is 0 Å². The van der Waals surface area contributed by atoms with E-state index in [1.165, 1.54) is 6.07 Å². The van der Waals surface area contributed by atoms with Crippen LogP contribution in [0.3, 0.4) is 0 Å². The standard InChI is InChI=1S/C15H19FN4/c1-4-13-18-14(17)10(2)15(19-13)20(3)9-11-7-5-6-8-12(11)16/h5-8H,4,9H2,1-3H3,(H2,17,18,19). The lowest BCUT2D eigenvalue weighted by Gasteiger charge is -2.21. The number of benzene rings is 1. The molecule has 0 atom stereocenters. The molecule has 1 aromatic heterocycles. The molecule has 0 saturated carbocycles. The third-order valence-corrected chi connectivity index (χ3v) is 3.25. The predicted molar refractivity (Wildman–Crippen MR) is 79.1 cm³/mol. The second-order valence-corrected chi connectivity index (χ2v) is 4.77. The lowest BCUT2D eigenvalue weighted by Crippen LogP contribution is -2.21. The lowest BCUT2D eigenvalue weighted by atomic mass is 10.2. The summed E-state index contributed by atoms with van der Waals surface area (Å²) < 4.78 is 13.7.